The van der Waals surface area contributed by atoms with Crippen molar-refractivity contribution >= 4 is 5.97 Å². The van der Waals surface area contributed by atoms with Gasteiger partial charge >= 0.3 is 5.97 Å². The summed E-state index contributed by atoms with van der Waals surface area (Å²) < 4.78 is 43.1. The van der Waals surface area contributed by atoms with E-state index in [0.717, 1.165) is 27.8 Å². The van der Waals surface area contributed by atoms with Crippen LogP contribution in [0.2, 0.25) is 0 Å². The summed E-state index contributed by atoms with van der Waals surface area (Å²) in [6.45, 7) is 4.78. The molecule has 1 saturated heterocycles. The lowest BCUT2D eigenvalue weighted by molar-refractivity contribution is -0.141. The molecule has 218 valence electrons. The van der Waals surface area contributed by atoms with E-state index < -0.39 is 12.2 Å². The smallest absolute Gasteiger partial charge is 0.306 e. The van der Waals surface area contributed by atoms with Crippen LogP contribution in [0.3, 0.4) is 0 Å². The average Bonchev–Trinajstić information content (AvgIpc) is 3.35. The van der Waals surface area contributed by atoms with Gasteiger partial charge in [-0.1, -0.05) is 12.1 Å². The standard InChI is InChI=1S/C32H35FO8/c1-18-8-23(39-16-24-12-28(34)29(35)17-40-24)9-19(2)32(18)26-10-20(4-7-27(26)33)14-38-22-5-6-25-21(11-31(36)37-3)15-41-30(25)13-22/h4-10,13,21,24,28-29,34-35H,11-12,14-17H2,1-3H3/t21?,24-,28+,29-/m0/s1. The van der Waals surface area contributed by atoms with E-state index in [4.69, 9.17) is 23.7 Å². The van der Waals surface area contributed by atoms with Crippen LogP contribution in [0.25, 0.3) is 11.1 Å². The molecule has 2 aliphatic heterocycles. The topological polar surface area (TPSA) is 104 Å². The third-order valence-corrected chi connectivity index (χ3v) is 7.60. The normalized spacial score (nSPS) is 21.6. The van der Waals surface area contributed by atoms with Crippen LogP contribution in [0.15, 0.2) is 48.5 Å². The van der Waals surface area contributed by atoms with Gasteiger partial charge in [-0.3, -0.25) is 4.79 Å². The first-order valence-corrected chi connectivity index (χ1v) is 13.7. The second-order valence-electron chi connectivity index (χ2n) is 10.7. The summed E-state index contributed by atoms with van der Waals surface area (Å²) in [6.07, 6.45) is -1.46. The van der Waals surface area contributed by atoms with Gasteiger partial charge in [0.15, 0.2) is 0 Å². The number of ether oxygens (including phenoxy) is 5. The van der Waals surface area contributed by atoms with Crippen molar-refractivity contribution in [1.29, 1.82) is 0 Å². The van der Waals surface area contributed by atoms with Crippen molar-refractivity contribution in [3.63, 3.8) is 0 Å². The lowest BCUT2D eigenvalue weighted by Crippen LogP contribution is -2.43. The number of esters is 1. The number of carbonyl (C=O) groups is 1. The third-order valence-electron chi connectivity index (χ3n) is 7.60. The number of hydrogen-bond donors (Lipinski definition) is 2. The number of carbonyl (C=O) groups excluding carboxylic acids is 1. The molecule has 3 aromatic rings. The molecule has 1 unspecified atom stereocenters. The zero-order chi connectivity index (χ0) is 29.1. The fourth-order valence-electron chi connectivity index (χ4n) is 5.40. The molecule has 8 nitrogen and oxygen atoms in total. The summed E-state index contributed by atoms with van der Waals surface area (Å²) >= 11 is 0. The predicted octanol–water partition coefficient (Wildman–Crippen LogP) is 4.62. The van der Waals surface area contributed by atoms with Crippen molar-refractivity contribution in [2.45, 2.75) is 57.5 Å². The van der Waals surface area contributed by atoms with Gasteiger partial charge in [0.05, 0.1) is 39.0 Å². The van der Waals surface area contributed by atoms with E-state index in [0.29, 0.717) is 35.8 Å². The highest BCUT2D eigenvalue weighted by atomic mass is 19.1. The molecule has 2 aliphatic rings. The maximum atomic E-state index is 15.1. The molecule has 4 atom stereocenters. The largest absolute Gasteiger partial charge is 0.492 e. The predicted molar refractivity (Wildman–Crippen MR) is 149 cm³/mol. The Morgan fingerprint density at radius 1 is 0.976 bits per heavy atom. The fraction of sp³-hybridized carbons (Fsp3) is 0.406. The van der Waals surface area contributed by atoms with E-state index in [-0.39, 0.29) is 50.0 Å². The van der Waals surface area contributed by atoms with Crippen LogP contribution in [-0.2, 0) is 20.9 Å². The number of hydrogen-bond acceptors (Lipinski definition) is 8. The molecule has 0 saturated carbocycles. The fourth-order valence-corrected chi connectivity index (χ4v) is 5.40. The molecule has 2 heterocycles. The van der Waals surface area contributed by atoms with Gasteiger partial charge < -0.3 is 33.9 Å². The first-order valence-electron chi connectivity index (χ1n) is 13.7. The number of methoxy groups -OCH3 is 1. The average molecular weight is 567 g/mol. The summed E-state index contributed by atoms with van der Waals surface area (Å²) in [5.41, 5.74) is 4.73. The number of rotatable bonds is 9. The van der Waals surface area contributed by atoms with E-state index in [1.165, 1.54) is 13.2 Å². The van der Waals surface area contributed by atoms with Gasteiger partial charge in [0.2, 0.25) is 0 Å². The maximum absolute atomic E-state index is 15.1. The Kier molecular flexibility index (Phi) is 8.77. The molecular weight excluding hydrogens is 531 g/mol. The minimum Gasteiger partial charge on any atom is -0.492 e. The highest BCUT2D eigenvalue weighted by Gasteiger charge is 2.29. The number of benzene rings is 3. The zero-order valence-electron chi connectivity index (χ0n) is 23.4. The second-order valence-corrected chi connectivity index (χ2v) is 10.7. The summed E-state index contributed by atoms with van der Waals surface area (Å²) in [7, 11) is 1.37. The summed E-state index contributed by atoms with van der Waals surface area (Å²) in [5.74, 6) is 1.28. The van der Waals surface area contributed by atoms with E-state index in [9.17, 15) is 15.0 Å². The molecule has 0 radical (unpaired) electrons. The van der Waals surface area contributed by atoms with Crippen LogP contribution in [0.4, 0.5) is 4.39 Å². The van der Waals surface area contributed by atoms with Crippen molar-refractivity contribution in [3.8, 4) is 28.4 Å². The number of aliphatic hydroxyl groups excluding tert-OH is 2. The number of halogens is 1. The minimum absolute atomic E-state index is 0.0445. The molecule has 0 bridgehead atoms. The van der Waals surface area contributed by atoms with Crippen LogP contribution in [0.1, 0.15) is 41.0 Å². The Morgan fingerprint density at radius 3 is 2.49 bits per heavy atom. The van der Waals surface area contributed by atoms with Gasteiger partial charge in [-0.15, -0.1) is 0 Å². The monoisotopic (exact) mass is 566 g/mol. The van der Waals surface area contributed by atoms with Gasteiger partial charge in [0.1, 0.15) is 42.4 Å². The zero-order valence-corrected chi connectivity index (χ0v) is 23.4. The van der Waals surface area contributed by atoms with Gasteiger partial charge in [-0.25, -0.2) is 4.39 Å². The highest BCUT2D eigenvalue weighted by Crippen LogP contribution is 2.39. The Morgan fingerprint density at radius 2 is 1.76 bits per heavy atom. The Balaban J connectivity index is 1.25. The number of aliphatic hydroxyl groups is 2. The van der Waals surface area contributed by atoms with Crippen LogP contribution in [0.5, 0.6) is 17.2 Å². The van der Waals surface area contributed by atoms with E-state index in [1.807, 2.05) is 44.2 Å². The quantitative estimate of drug-likeness (QED) is 0.362. The van der Waals surface area contributed by atoms with Gasteiger partial charge in [-0.2, -0.15) is 0 Å². The number of fused-ring (bicyclic) bond motifs is 1. The SMILES string of the molecule is COC(=O)CC1COc2cc(OCc3ccc(F)c(-c4c(C)cc(OC[C@@H]5C[C@@H](O)[C@@H](O)CO5)cc4C)c3)ccc21. The Bertz CT molecular complexity index is 1380. The lowest BCUT2D eigenvalue weighted by atomic mass is 9.94. The van der Waals surface area contributed by atoms with Gasteiger partial charge in [0, 0.05) is 29.5 Å². The molecule has 9 heteroatoms. The van der Waals surface area contributed by atoms with Crippen molar-refractivity contribution in [3.05, 3.63) is 76.6 Å². The third kappa shape index (κ3) is 6.64. The maximum Gasteiger partial charge on any atom is 0.306 e. The molecule has 3 aromatic carbocycles. The molecule has 5 rings (SSSR count). The Labute approximate surface area is 238 Å². The minimum atomic E-state index is -0.874. The molecule has 0 amide bonds. The molecular formula is C32H35FO8. The van der Waals surface area contributed by atoms with Crippen molar-refractivity contribution < 1.29 is 43.1 Å². The van der Waals surface area contributed by atoms with Crippen LogP contribution < -0.4 is 14.2 Å². The summed E-state index contributed by atoms with van der Waals surface area (Å²) in [4.78, 5) is 11.7. The second kappa shape index (κ2) is 12.5. The molecule has 41 heavy (non-hydrogen) atoms. The van der Waals surface area contributed by atoms with E-state index in [1.54, 1.807) is 12.1 Å². The van der Waals surface area contributed by atoms with Gasteiger partial charge in [0.25, 0.3) is 0 Å². The molecule has 2 N–H and O–H groups in total. The van der Waals surface area contributed by atoms with Crippen LogP contribution in [0, 0.1) is 19.7 Å². The van der Waals surface area contributed by atoms with Crippen LogP contribution >= 0.6 is 0 Å². The van der Waals surface area contributed by atoms with Crippen LogP contribution in [-0.4, -0.2) is 61.4 Å². The first kappa shape index (κ1) is 28.9. The molecule has 1 fully saturated rings. The summed E-state index contributed by atoms with van der Waals surface area (Å²) in [6, 6.07) is 14.2. The molecule has 0 aromatic heterocycles. The first-order chi connectivity index (χ1) is 19.7. The van der Waals surface area contributed by atoms with Crippen molar-refractivity contribution in [1.82, 2.24) is 0 Å². The van der Waals surface area contributed by atoms with Crippen molar-refractivity contribution in [2.75, 3.05) is 26.9 Å². The number of aryl methyl sites for hydroxylation is 2. The highest BCUT2D eigenvalue weighted by molar-refractivity contribution is 5.73. The molecule has 0 spiro atoms. The van der Waals surface area contributed by atoms with Gasteiger partial charge in [-0.05, 0) is 66.4 Å². The van der Waals surface area contributed by atoms with E-state index in [2.05, 4.69) is 0 Å². The van der Waals surface area contributed by atoms with Crippen molar-refractivity contribution in [2.24, 2.45) is 0 Å². The summed E-state index contributed by atoms with van der Waals surface area (Å²) in [5, 5.41) is 19.5. The Hall–Kier alpha value is -3.66. The molecule has 0 aliphatic carbocycles. The van der Waals surface area contributed by atoms with E-state index >= 15 is 4.39 Å². The lowest BCUT2D eigenvalue weighted by Gasteiger charge is -2.30.